The summed E-state index contributed by atoms with van der Waals surface area (Å²) in [6.07, 6.45) is 5.94. The van der Waals surface area contributed by atoms with Crippen LogP contribution in [-0.2, 0) is 11.2 Å². The van der Waals surface area contributed by atoms with Gasteiger partial charge in [0.05, 0.1) is 5.92 Å². The van der Waals surface area contributed by atoms with Crippen molar-refractivity contribution in [3.63, 3.8) is 0 Å². The van der Waals surface area contributed by atoms with Crippen LogP contribution >= 0.6 is 0 Å². The van der Waals surface area contributed by atoms with E-state index in [0.717, 1.165) is 48.6 Å². The Bertz CT molecular complexity index is 782. The lowest BCUT2D eigenvalue weighted by molar-refractivity contribution is -0.140. The van der Waals surface area contributed by atoms with E-state index in [-0.39, 0.29) is 17.5 Å². The Balaban J connectivity index is 1.95. The lowest BCUT2D eigenvalue weighted by atomic mass is 9.89. The number of hydrogen-bond donors (Lipinski definition) is 0. The zero-order valence-corrected chi connectivity index (χ0v) is 13.7. The van der Waals surface area contributed by atoms with Gasteiger partial charge in [-0.1, -0.05) is 26.2 Å². The molecule has 1 fully saturated rings. The number of carbonyl (C=O) groups is 1. The highest BCUT2D eigenvalue weighted by molar-refractivity contribution is 5.84. The second kappa shape index (κ2) is 6.57. The molecule has 0 N–H and O–H groups in total. The summed E-state index contributed by atoms with van der Waals surface area (Å²) in [5.41, 5.74) is 1.91. The predicted octanol–water partition coefficient (Wildman–Crippen LogP) is 4.15. The summed E-state index contributed by atoms with van der Waals surface area (Å²) in [7, 11) is 0. The molecule has 122 valence electrons. The Kier molecular flexibility index (Phi) is 4.51. The number of carbonyl (C=O) groups excluding carboxylic acids is 1. The van der Waals surface area contributed by atoms with Crippen LogP contribution in [0.2, 0.25) is 0 Å². The van der Waals surface area contributed by atoms with E-state index in [9.17, 15) is 9.59 Å². The molecule has 0 unspecified atom stereocenters. The van der Waals surface area contributed by atoms with Crippen molar-refractivity contribution in [1.82, 2.24) is 0 Å². The minimum atomic E-state index is -0.385. The van der Waals surface area contributed by atoms with Crippen LogP contribution in [0.3, 0.4) is 0 Å². The maximum absolute atomic E-state index is 12.4. The number of aryl methyl sites for hydroxylation is 2. The second-order valence-electron chi connectivity index (χ2n) is 6.31. The first-order chi connectivity index (χ1) is 11.1. The molecular weight excluding hydrogens is 292 g/mol. The highest BCUT2D eigenvalue weighted by Crippen LogP contribution is 2.30. The summed E-state index contributed by atoms with van der Waals surface area (Å²) in [4.78, 5) is 24.0. The molecule has 1 heterocycles. The molecule has 3 rings (SSSR count). The lowest BCUT2D eigenvalue weighted by Crippen LogP contribution is -2.23. The van der Waals surface area contributed by atoms with Crippen LogP contribution in [0.25, 0.3) is 11.0 Å². The molecule has 0 amide bonds. The van der Waals surface area contributed by atoms with Crippen molar-refractivity contribution in [2.75, 3.05) is 0 Å². The third-order valence-corrected chi connectivity index (χ3v) is 4.66. The predicted molar refractivity (Wildman–Crippen MR) is 88.8 cm³/mol. The summed E-state index contributed by atoms with van der Waals surface area (Å²) in [5.74, 6) is 0.353. The molecule has 0 radical (unpaired) electrons. The van der Waals surface area contributed by atoms with E-state index in [0.29, 0.717) is 11.3 Å². The van der Waals surface area contributed by atoms with Gasteiger partial charge in [0.15, 0.2) is 0 Å². The van der Waals surface area contributed by atoms with Gasteiger partial charge in [0.25, 0.3) is 0 Å². The quantitative estimate of drug-likeness (QED) is 0.485. The molecule has 4 nitrogen and oxygen atoms in total. The number of fused-ring (bicyclic) bond motifs is 1. The first-order valence-electron chi connectivity index (χ1n) is 8.37. The molecule has 2 aromatic rings. The van der Waals surface area contributed by atoms with Crippen LogP contribution in [0.5, 0.6) is 5.75 Å². The number of ether oxygens (including phenoxy) is 1. The topological polar surface area (TPSA) is 56.5 Å². The van der Waals surface area contributed by atoms with Crippen molar-refractivity contribution in [2.45, 2.75) is 52.4 Å². The van der Waals surface area contributed by atoms with Crippen LogP contribution in [0.15, 0.2) is 27.4 Å². The molecule has 1 saturated carbocycles. The monoisotopic (exact) mass is 314 g/mol. The fourth-order valence-electron chi connectivity index (χ4n) is 3.29. The Morgan fingerprint density at radius 1 is 1.22 bits per heavy atom. The molecule has 0 atom stereocenters. The molecule has 1 aromatic heterocycles. The summed E-state index contributed by atoms with van der Waals surface area (Å²) < 4.78 is 10.9. The standard InChI is InChI=1S/C19H22O4/c1-3-13-10-15-12(2)9-18(20)22-17(15)11-16(13)23-19(21)14-7-5-4-6-8-14/h9-11,14H,3-8H2,1-2H3. The summed E-state index contributed by atoms with van der Waals surface area (Å²) in [6.45, 7) is 3.90. The molecular formula is C19H22O4. The van der Waals surface area contributed by atoms with Crippen LogP contribution in [0.4, 0.5) is 0 Å². The number of esters is 1. The lowest BCUT2D eigenvalue weighted by Gasteiger charge is -2.20. The van der Waals surface area contributed by atoms with Gasteiger partial charge in [0.1, 0.15) is 11.3 Å². The molecule has 0 bridgehead atoms. The van der Waals surface area contributed by atoms with Gasteiger partial charge in [-0.05, 0) is 43.4 Å². The van der Waals surface area contributed by atoms with Crippen molar-refractivity contribution in [3.8, 4) is 5.75 Å². The number of benzene rings is 1. The molecule has 1 aliphatic rings. The minimum Gasteiger partial charge on any atom is -0.426 e. The average molecular weight is 314 g/mol. The zero-order chi connectivity index (χ0) is 16.4. The summed E-state index contributed by atoms with van der Waals surface area (Å²) in [6, 6.07) is 5.12. The molecule has 1 aromatic carbocycles. The molecule has 0 aliphatic heterocycles. The molecule has 23 heavy (non-hydrogen) atoms. The highest BCUT2D eigenvalue weighted by Gasteiger charge is 2.24. The normalized spacial score (nSPS) is 15.7. The number of hydrogen-bond acceptors (Lipinski definition) is 4. The van der Waals surface area contributed by atoms with Crippen molar-refractivity contribution in [3.05, 3.63) is 39.7 Å². The number of rotatable bonds is 3. The fourth-order valence-corrected chi connectivity index (χ4v) is 3.29. The van der Waals surface area contributed by atoms with E-state index in [1.54, 1.807) is 6.07 Å². The maximum atomic E-state index is 12.4. The van der Waals surface area contributed by atoms with Gasteiger partial charge in [0, 0.05) is 17.5 Å². The van der Waals surface area contributed by atoms with Crippen LogP contribution in [0, 0.1) is 12.8 Å². The first-order valence-corrected chi connectivity index (χ1v) is 8.37. The van der Waals surface area contributed by atoms with Crippen molar-refractivity contribution >= 4 is 16.9 Å². The van der Waals surface area contributed by atoms with Gasteiger partial charge in [-0.3, -0.25) is 4.79 Å². The van der Waals surface area contributed by atoms with Gasteiger partial charge in [-0.2, -0.15) is 0 Å². The zero-order valence-electron chi connectivity index (χ0n) is 13.7. The SMILES string of the molecule is CCc1cc2c(C)cc(=O)oc2cc1OC(=O)C1CCCCC1. The van der Waals surface area contributed by atoms with Crippen LogP contribution < -0.4 is 10.4 Å². The van der Waals surface area contributed by atoms with Crippen LogP contribution in [0.1, 0.15) is 50.2 Å². The molecule has 0 spiro atoms. The van der Waals surface area contributed by atoms with Crippen molar-refractivity contribution in [2.24, 2.45) is 5.92 Å². The van der Waals surface area contributed by atoms with Gasteiger partial charge in [-0.25, -0.2) is 4.79 Å². The third-order valence-electron chi connectivity index (χ3n) is 4.66. The Morgan fingerprint density at radius 3 is 2.65 bits per heavy atom. The van der Waals surface area contributed by atoms with E-state index in [1.807, 2.05) is 19.9 Å². The Hall–Kier alpha value is -2.10. The largest absolute Gasteiger partial charge is 0.426 e. The van der Waals surface area contributed by atoms with E-state index in [4.69, 9.17) is 9.15 Å². The van der Waals surface area contributed by atoms with Gasteiger partial charge in [-0.15, -0.1) is 0 Å². The van der Waals surface area contributed by atoms with Crippen molar-refractivity contribution < 1.29 is 13.9 Å². The first kappa shape index (κ1) is 15.8. The molecule has 4 heteroatoms. The van der Waals surface area contributed by atoms with Crippen LogP contribution in [-0.4, -0.2) is 5.97 Å². The Labute approximate surface area is 135 Å². The van der Waals surface area contributed by atoms with Gasteiger partial charge in [0.2, 0.25) is 0 Å². The molecule has 0 saturated heterocycles. The summed E-state index contributed by atoms with van der Waals surface area (Å²) in [5, 5.41) is 0.888. The smallest absolute Gasteiger partial charge is 0.336 e. The van der Waals surface area contributed by atoms with E-state index < -0.39 is 0 Å². The van der Waals surface area contributed by atoms with Gasteiger partial charge < -0.3 is 9.15 Å². The second-order valence-corrected chi connectivity index (χ2v) is 6.31. The maximum Gasteiger partial charge on any atom is 0.336 e. The third kappa shape index (κ3) is 3.31. The van der Waals surface area contributed by atoms with Gasteiger partial charge >= 0.3 is 11.6 Å². The fraction of sp³-hybridized carbons (Fsp3) is 0.474. The summed E-state index contributed by atoms with van der Waals surface area (Å²) >= 11 is 0. The molecule has 1 aliphatic carbocycles. The highest BCUT2D eigenvalue weighted by atomic mass is 16.5. The van der Waals surface area contributed by atoms with E-state index in [1.165, 1.54) is 12.5 Å². The minimum absolute atomic E-state index is 0.00586. The Morgan fingerprint density at radius 2 is 1.96 bits per heavy atom. The van der Waals surface area contributed by atoms with E-state index in [2.05, 4.69) is 0 Å². The van der Waals surface area contributed by atoms with E-state index >= 15 is 0 Å². The van der Waals surface area contributed by atoms with Crippen molar-refractivity contribution in [1.29, 1.82) is 0 Å². The average Bonchev–Trinajstić information content (AvgIpc) is 2.55.